The number of para-hydroxylation sites is 2. The zero-order valence-corrected chi connectivity index (χ0v) is 41.4. The average molecular weight is 951 g/mol. The summed E-state index contributed by atoms with van der Waals surface area (Å²) in [5.74, 6) is 0.538. The second-order valence-corrected chi connectivity index (χ2v) is 20.6. The van der Waals surface area contributed by atoms with Gasteiger partial charge in [0.1, 0.15) is 22.3 Å². The fourth-order valence-corrected chi connectivity index (χ4v) is 13.1. The van der Waals surface area contributed by atoms with E-state index in [-0.39, 0.29) is 17.8 Å². The first-order chi connectivity index (χ1) is 36.6. The van der Waals surface area contributed by atoms with Gasteiger partial charge in [0.25, 0.3) is 0 Å². The van der Waals surface area contributed by atoms with Crippen LogP contribution < -0.4 is 0 Å². The van der Waals surface area contributed by atoms with Crippen molar-refractivity contribution in [3.8, 4) is 11.1 Å². The molecule has 3 unspecified atom stereocenters. The molecule has 0 aliphatic heterocycles. The van der Waals surface area contributed by atoms with E-state index in [1.54, 1.807) is 0 Å². The summed E-state index contributed by atoms with van der Waals surface area (Å²) in [6.45, 7) is 2.45. The summed E-state index contributed by atoms with van der Waals surface area (Å²) < 4.78 is 12.7. The highest BCUT2D eigenvalue weighted by molar-refractivity contribution is 6.07. The van der Waals surface area contributed by atoms with Gasteiger partial charge in [-0.1, -0.05) is 225 Å². The van der Waals surface area contributed by atoms with E-state index in [0.29, 0.717) is 0 Å². The fourth-order valence-electron chi connectivity index (χ4n) is 13.1. The van der Waals surface area contributed by atoms with Gasteiger partial charge in [0.05, 0.1) is 5.41 Å². The van der Waals surface area contributed by atoms with E-state index in [1.807, 2.05) is 0 Å². The number of hydrogen-bond donors (Lipinski definition) is 0. The molecule has 13 aromatic rings. The molecule has 0 N–H and O–H groups in total. The predicted molar refractivity (Wildman–Crippen MR) is 307 cm³/mol. The highest BCUT2D eigenvalue weighted by Crippen LogP contribution is 2.59. The molecule has 0 saturated carbocycles. The van der Waals surface area contributed by atoms with Crippen LogP contribution in [-0.2, 0) is 18.3 Å². The third kappa shape index (κ3) is 7.23. The van der Waals surface area contributed by atoms with Crippen LogP contribution in [0.4, 0.5) is 0 Å². The molecular weight excluding hydrogens is 897 g/mol. The van der Waals surface area contributed by atoms with Crippen LogP contribution in [0.1, 0.15) is 86.7 Å². The van der Waals surface area contributed by atoms with Gasteiger partial charge in [0.2, 0.25) is 0 Å². The Morgan fingerprint density at radius 1 is 0.378 bits per heavy atom. The predicted octanol–water partition coefficient (Wildman–Crippen LogP) is 18.9. The summed E-state index contributed by atoms with van der Waals surface area (Å²) in [5.41, 5.74) is 19.0. The van der Waals surface area contributed by atoms with Crippen molar-refractivity contribution in [3.63, 3.8) is 0 Å². The normalized spacial score (nSPS) is 14.1. The molecule has 3 atom stereocenters. The van der Waals surface area contributed by atoms with Crippen molar-refractivity contribution in [1.82, 2.24) is 0 Å². The molecule has 0 spiro atoms. The van der Waals surface area contributed by atoms with Crippen molar-refractivity contribution in [2.75, 3.05) is 0 Å². The van der Waals surface area contributed by atoms with Crippen LogP contribution in [0.2, 0.25) is 0 Å². The standard InChI is InChI=1S/C72H54O2/c1-47(62(42-48-20-6-2-7-21-48)52-37-41-70-64(44-52)59-30-17-19-33-68(59)74-70)50-34-39-61-65(45-50)72(54-24-10-4-11-25-54,55-26-12-5-13-27-55)66-46-53(57-28-14-15-31-60(57)71(61)66)35-38-56(49-22-8-3-9-23-49)51-36-40-69-63(43-51)58-29-16-18-32-67(58)73-69/h2-34,36-37,39-41,43-47,56,62H,35,38,42H2,1H3. The van der Waals surface area contributed by atoms with Gasteiger partial charge >= 0.3 is 0 Å². The number of benzene rings is 11. The van der Waals surface area contributed by atoms with Gasteiger partial charge in [0, 0.05) is 27.5 Å². The molecule has 2 heterocycles. The first-order valence-corrected chi connectivity index (χ1v) is 26.3. The molecular formula is C72H54O2. The molecule has 0 amide bonds. The van der Waals surface area contributed by atoms with Crippen molar-refractivity contribution in [3.05, 3.63) is 310 Å². The minimum atomic E-state index is -0.586. The van der Waals surface area contributed by atoms with E-state index in [2.05, 4.69) is 262 Å². The van der Waals surface area contributed by atoms with Crippen molar-refractivity contribution in [2.45, 2.75) is 49.4 Å². The van der Waals surface area contributed by atoms with Crippen molar-refractivity contribution < 1.29 is 8.83 Å². The van der Waals surface area contributed by atoms with Gasteiger partial charge < -0.3 is 8.83 Å². The van der Waals surface area contributed by atoms with Crippen molar-refractivity contribution in [2.24, 2.45) is 0 Å². The summed E-state index contributed by atoms with van der Waals surface area (Å²) in [6, 6.07) is 94.7. The molecule has 2 aromatic heterocycles. The number of aryl methyl sites for hydroxylation is 1. The SMILES string of the molecule is CC(c1ccc2c(c1)C(c1ccccc1)(c1ccccc1)c1cc(CCC(c3ccccc3)c3ccc4oc5ccccc5c4c3)c3ccccc3c1-2)C(Cc1ccccc1)c1ccc2oc3ccccc3c2c1. The summed E-state index contributed by atoms with van der Waals surface area (Å²) in [6.07, 6.45) is 2.75. The number of hydrogen-bond acceptors (Lipinski definition) is 2. The topological polar surface area (TPSA) is 26.3 Å². The van der Waals surface area contributed by atoms with Gasteiger partial charge in [-0.15, -0.1) is 0 Å². The summed E-state index contributed by atoms with van der Waals surface area (Å²) in [7, 11) is 0. The maximum atomic E-state index is 6.37. The highest BCUT2D eigenvalue weighted by atomic mass is 16.3. The Morgan fingerprint density at radius 2 is 0.878 bits per heavy atom. The van der Waals surface area contributed by atoms with Crippen LogP contribution in [0.3, 0.4) is 0 Å². The molecule has 2 heteroatoms. The zero-order chi connectivity index (χ0) is 49.2. The number of fused-ring (bicyclic) bond motifs is 11. The Kier molecular flexibility index (Phi) is 10.8. The van der Waals surface area contributed by atoms with E-state index in [0.717, 1.165) is 52.4 Å². The van der Waals surface area contributed by atoms with Gasteiger partial charge in [0.15, 0.2) is 0 Å². The van der Waals surface area contributed by atoms with Crippen LogP contribution >= 0.6 is 0 Å². The van der Waals surface area contributed by atoms with Gasteiger partial charge in [-0.05, 0) is 145 Å². The van der Waals surface area contributed by atoms with Crippen LogP contribution in [0, 0.1) is 0 Å². The van der Waals surface area contributed by atoms with Crippen LogP contribution in [0.15, 0.2) is 264 Å². The molecule has 1 aliphatic rings. The Hall–Kier alpha value is -8.72. The summed E-state index contributed by atoms with van der Waals surface area (Å²) in [4.78, 5) is 0. The maximum absolute atomic E-state index is 6.37. The Labute approximate surface area is 432 Å². The largest absolute Gasteiger partial charge is 0.456 e. The van der Waals surface area contributed by atoms with Crippen molar-refractivity contribution in [1.29, 1.82) is 0 Å². The highest BCUT2D eigenvalue weighted by Gasteiger charge is 2.47. The quantitative estimate of drug-likeness (QED) is 0.122. The second kappa shape index (κ2) is 18.1. The van der Waals surface area contributed by atoms with Crippen LogP contribution in [-0.4, -0.2) is 0 Å². The minimum absolute atomic E-state index is 0.172. The molecule has 1 aliphatic carbocycles. The van der Waals surface area contributed by atoms with Crippen LogP contribution in [0.5, 0.6) is 0 Å². The van der Waals surface area contributed by atoms with E-state index in [4.69, 9.17) is 8.83 Å². The average Bonchev–Trinajstić information content (AvgIpc) is 4.14. The Morgan fingerprint density at radius 3 is 1.51 bits per heavy atom. The van der Waals surface area contributed by atoms with E-state index in [1.165, 1.54) is 88.3 Å². The lowest BCUT2D eigenvalue weighted by Gasteiger charge is -2.35. The molecule has 0 saturated heterocycles. The Bertz CT molecular complexity index is 4150. The lowest BCUT2D eigenvalue weighted by Crippen LogP contribution is -2.29. The monoisotopic (exact) mass is 950 g/mol. The molecule has 0 bridgehead atoms. The molecule has 0 radical (unpaired) electrons. The first kappa shape index (κ1) is 44.0. The summed E-state index contributed by atoms with van der Waals surface area (Å²) >= 11 is 0. The van der Waals surface area contributed by atoms with Gasteiger partial charge in [-0.25, -0.2) is 0 Å². The van der Waals surface area contributed by atoms with E-state index in [9.17, 15) is 0 Å². The second-order valence-electron chi connectivity index (χ2n) is 20.6. The molecule has 74 heavy (non-hydrogen) atoms. The smallest absolute Gasteiger partial charge is 0.135 e. The number of furan rings is 2. The van der Waals surface area contributed by atoms with Gasteiger partial charge in [-0.3, -0.25) is 0 Å². The fraction of sp³-hybridized carbons (Fsp3) is 0.111. The first-order valence-electron chi connectivity index (χ1n) is 26.3. The number of rotatable bonds is 12. The maximum Gasteiger partial charge on any atom is 0.135 e. The lowest BCUT2D eigenvalue weighted by atomic mass is 9.66. The summed E-state index contributed by atoms with van der Waals surface area (Å²) in [5, 5.41) is 7.29. The molecule has 11 aromatic carbocycles. The lowest BCUT2D eigenvalue weighted by molar-refractivity contribution is 0.571. The molecule has 14 rings (SSSR count). The van der Waals surface area contributed by atoms with Crippen LogP contribution in [0.25, 0.3) is 65.8 Å². The van der Waals surface area contributed by atoms with Crippen molar-refractivity contribution >= 4 is 54.6 Å². The Balaban J connectivity index is 0.937. The molecule has 2 nitrogen and oxygen atoms in total. The third-order valence-electron chi connectivity index (χ3n) is 16.6. The molecule has 0 fully saturated rings. The van der Waals surface area contributed by atoms with Gasteiger partial charge in [-0.2, -0.15) is 0 Å². The molecule has 354 valence electrons. The third-order valence-corrected chi connectivity index (χ3v) is 16.6. The zero-order valence-electron chi connectivity index (χ0n) is 41.4. The minimum Gasteiger partial charge on any atom is -0.456 e. The van der Waals surface area contributed by atoms with E-state index >= 15 is 0 Å². The van der Waals surface area contributed by atoms with E-state index < -0.39 is 5.41 Å².